The van der Waals surface area contributed by atoms with E-state index in [0.29, 0.717) is 16.8 Å². The fraction of sp³-hybridized carbons (Fsp3) is 0.240. The predicted octanol–water partition coefficient (Wildman–Crippen LogP) is 3.78. The molecule has 0 saturated heterocycles. The quantitative estimate of drug-likeness (QED) is 0.383. The Kier molecular flexibility index (Phi) is 7.04. The van der Waals surface area contributed by atoms with Gasteiger partial charge in [0.05, 0.1) is 19.0 Å². The van der Waals surface area contributed by atoms with E-state index in [1.807, 2.05) is 55.6 Å². The van der Waals surface area contributed by atoms with Crippen LogP contribution in [0.2, 0.25) is 0 Å². The molecule has 0 fully saturated rings. The molecule has 4 rings (SSSR count). The van der Waals surface area contributed by atoms with E-state index >= 15 is 0 Å². The Morgan fingerprint density at radius 3 is 2.64 bits per heavy atom. The van der Waals surface area contributed by atoms with Crippen LogP contribution in [-0.2, 0) is 11.3 Å². The van der Waals surface area contributed by atoms with Crippen LogP contribution < -0.4 is 20.5 Å². The lowest BCUT2D eigenvalue weighted by Gasteiger charge is -2.19. The second kappa shape index (κ2) is 10.3. The van der Waals surface area contributed by atoms with Crippen LogP contribution in [-0.4, -0.2) is 42.7 Å². The van der Waals surface area contributed by atoms with E-state index in [4.69, 9.17) is 4.74 Å². The number of aromatic nitrogens is 2. The number of carbonyl (C=O) groups is 1. The number of amides is 1. The Labute approximate surface area is 196 Å². The van der Waals surface area contributed by atoms with E-state index in [1.165, 1.54) is 22.2 Å². The van der Waals surface area contributed by atoms with E-state index in [-0.39, 0.29) is 18.0 Å². The first-order chi connectivity index (χ1) is 16.0. The summed E-state index contributed by atoms with van der Waals surface area (Å²) in [6.45, 7) is 1.31. The number of methoxy groups -OCH3 is 1. The molecule has 0 aliphatic heterocycles. The van der Waals surface area contributed by atoms with Crippen LogP contribution in [0, 0.1) is 0 Å². The van der Waals surface area contributed by atoms with Crippen LogP contribution in [0.4, 0.5) is 5.69 Å². The second-order valence-corrected chi connectivity index (χ2v) is 8.74. The van der Waals surface area contributed by atoms with Crippen molar-refractivity contribution in [3.63, 3.8) is 0 Å². The lowest BCUT2D eigenvalue weighted by atomic mass is 10.2. The predicted molar refractivity (Wildman–Crippen MR) is 133 cm³/mol. The van der Waals surface area contributed by atoms with Gasteiger partial charge in [-0.25, -0.2) is 4.98 Å². The Bertz CT molecular complexity index is 1280. The smallest absolute Gasteiger partial charge is 0.271 e. The van der Waals surface area contributed by atoms with Gasteiger partial charge in [0.1, 0.15) is 17.0 Å². The van der Waals surface area contributed by atoms with E-state index in [9.17, 15) is 9.59 Å². The molecule has 1 amide bonds. The summed E-state index contributed by atoms with van der Waals surface area (Å²) in [5.41, 5.74) is 2.56. The maximum atomic E-state index is 12.9. The minimum Gasteiger partial charge on any atom is -0.497 e. The average molecular weight is 463 g/mol. The Morgan fingerprint density at radius 2 is 1.91 bits per heavy atom. The summed E-state index contributed by atoms with van der Waals surface area (Å²) >= 11 is 1.38. The molecule has 1 N–H and O–H groups in total. The number of carbonyl (C=O) groups excluding carboxylic acids is 1. The van der Waals surface area contributed by atoms with E-state index in [1.54, 1.807) is 7.11 Å². The first-order valence-electron chi connectivity index (χ1n) is 10.7. The average Bonchev–Trinajstić information content (AvgIpc) is 3.29. The number of hydrogen-bond donors (Lipinski definition) is 1. The van der Waals surface area contributed by atoms with Crippen molar-refractivity contribution >= 4 is 33.1 Å². The lowest BCUT2D eigenvalue weighted by molar-refractivity contribution is -0.121. The van der Waals surface area contributed by atoms with Crippen LogP contribution in [0.25, 0.3) is 20.7 Å². The van der Waals surface area contributed by atoms with Crippen molar-refractivity contribution in [2.75, 3.05) is 32.1 Å². The lowest BCUT2D eigenvalue weighted by Crippen LogP contribution is -2.33. The topological polar surface area (TPSA) is 76.5 Å². The number of nitrogens with zero attached hydrogens (tertiary/aromatic N) is 3. The minimum atomic E-state index is -0.205. The first kappa shape index (κ1) is 22.5. The van der Waals surface area contributed by atoms with Crippen molar-refractivity contribution in [2.45, 2.75) is 13.0 Å². The van der Waals surface area contributed by atoms with Crippen LogP contribution >= 0.6 is 11.3 Å². The maximum Gasteiger partial charge on any atom is 0.271 e. The molecule has 0 aliphatic carbocycles. The standard InChI is InChI=1S/C25H26N4O3S/c1-28(19-7-4-3-5-8-19)14-6-13-26-23(30)16-29-17-27-21-15-22(33-24(21)25(29)31)18-9-11-20(32-2)12-10-18/h3-5,7-12,15,17H,6,13-14,16H2,1-2H3,(H,26,30). The molecule has 2 aromatic heterocycles. The highest BCUT2D eigenvalue weighted by molar-refractivity contribution is 7.22. The Hall–Kier alpha value is -3.65. The summed E-state index contributed by atoms with van der Waals surface area (Å²) in [6.07, 6.45) is 2.25. The summed E-state index contributed by atoms with van der Waals surface area (Å²) in [5.74, 6) is 0.575. The number of fused-ring (bicyclic) bond motifs is 1. The number of hydrogen-bond acceptors (Lipinski definition) is 6. The van der Waals surface area contributed by atoms with Gasteiger partial charge in [0.25, 0.3) is 5.56 Å². The molecule has 8 heteroatoms. The first-order valence-corrected chi connectivity index (χ1v) is 11.5. The van der Waals surface area contributed by atoms with E-state index in [0.717, 1.165) is 34.8 Å². The number of para-hydroxylation sites is 1. The number of ether oxygens (including phenoxy) is 1. The molecule has 0 spiro atoms. The number of thiophene rings is 1. The highest BCUT2D eigenvalue weighted by Gasteiger charge is 2.12. The van der Waals surface area contributed by atoms with Crippen molar-refractivity contribution in [3.8, 4) is 16.2 Å². The minimum absolute atomic E-state index is 0.0495. The Balaban J connectivity index is 1.35. The van der Waals surface area contributed by atoms with Crippen LogP contribution in [0.15, 0.2) is 71.8 Å². The van der Waals surface area contributed by atoms with Crippen molar-refractivity contribution in [1.29, 1.82) is 0 Å². The van der Waals surface area contributed by atoms with E-state index in [2.05, 4.69) is 27.3 Å². The summed E-state index contributed by atoms with van der Waals surface area (Å²) in [6, 6.07) is 19.7. The number of anilines is 1. The third-order valence-electron chi connectivity index (χ3n) is 5.38. The van der Waals surface area contributed by atoms with Crippen LogP contribution in [0.5, 0.6) is 5.75 Å². The monoisotopic (exact) mass is 462 g/mol. The van der Waals surface area contributed by atoms with Gasteiger partial charge < -0.3 is 15.0 Å². The second-order valence-electron chi connectivity index (χ2n) is 7.69. The third kappa shape index (κ3) is 5.40. The van der Waals surface area contributed by atoms with E-state index < -0.39 is 0 Å². The largest absolute Gasteiger partial charge is 0.497 e. The molecule has 4 aromatic rings. The molecule has 0 unspecified atom stereocenters. The summed E-state index contributed by atoms with van der Waals surface area (Å²) in [5, 5.41) is 2.89. The molecule has 33 heavy (non-hydrogen) atoms. The zero-order chi connectivity index (χ0) is 23.2. The summed E-state index contributed by atoms with van der Waals surface area (Å²) < 4.78 is 7.11. The van der Waals surface area contributed by atoms with Crippen molar-refractivity contribution in [3.05, 3.63) is 77.3 Å². The maximum absolute atomic E-state index is 12.9. The molecule has 2 heterocycles. The van der Waals surface area contributed by atoms with Crippen molar-refractivity contribution in [1.82, 2.24) is 14.9 Å². The molecular formula is C25H26N4O3S. The molecule has 0 aliphatic rings. The van der Waals surface area contributed by atoms with Crippen LogP contribution in [0.1, 0.15) is 6.42 Å². The zero-order valence-electron chi connectivity index (χ0n) is 18.7. The van der Waals surface area contributed by atoms with Crippen molar-refractivity contribution in [2.24, 2.45) is 0 Å². The number of benzene rings is 2. The van der Waals surface area contributed by atoms with Crippen LogP contribution in [0.3, 0.4) is 0 Å². The van der Waals surface area contributed by atoms with Gasteiger partial charge in [0, 0.05) is 30.7 Å². The highest BCUT2D eigenvalue weighted by atomic mass is 32.1. The third-order valence-corrected chi connectivity index (χ3v) is 6.54. The molecule has 0 radical (unpaired) electrons. The number of rotatable bonds is 9. The molecule has 0 saturated carbocycles. The van der Waals surface area contributed by atoms with Gasteiger partial charge in [-0.1, -0.05) is 18.2 Å². The van der Waals surface area contributed by atoms with Gasteiger partial charge >= 0.3 is 0 Å². The molecule has 0 bridgehead atoms. The zero-order valence-corrected chi connectivity index (χ0v) is 19.5. The summed E-state index contributed by atoms with van der Waals surface area (Å²) in [4.78, 5) is 32.8. The Morgan fingerprint density at radius 1 is 1.15 bits per heavy atom. The SMILES string of the molecule is COc1ccc(-c2cc3ncn(CC(=O)NCCCN(C)c4ccccc4)c(=O)c3s2)cc1. The van der Waals surface area contributed by atoms with Gasteiger partial charge in [-0.2, -0.15) is 0 Å². The molecule has 170 valence electrons. The van der Waals surface area contributed by atoms with Gasteiger partial charge in [-0.05, 0) is 54.4 Å². The molecule has 2 aromatic carbocycles. The fourth-order valence-corrected chi connectivity index (χ4v) is 4.59. The molecular weight excluding hydrogens is 436 g/mol. The normalized spacial score (nSPS) is 10.8. The van der Waals surface area contributed by atoms with Gasteiger partial charge in [-0.15, -0.1) is 11.3 Å². The fourth-order valence-electron chi connectivity index (χ4n) is 3.52. The van der Waals surface area contributed by atoms with Crippen molar-refractivity contribution < 1.29 is 9.53 Å². The van der Waals surface area contributed by atoms with Gasteiger partial charge in [0.15, 0.2) is 0 Å². The molecule has 7 nitrogen and oxygen atoms in total. The van der Waals surface area contributed by atoms with Gasteiger partial charge in [0.2, 0.25) is 5.91 Å². The summed E-state index contributed by atoms with van der Waals surface area (Å²) in [7, 11) is 3.65. The highest BCUT2D eigenvalue weighted by Crippen LogP contribution is 2.31. The molecule has 0 atom stereocenters. The van der Waals surface area contributed by atoms with Gasteiger partial charge in [-0.3, -0.25) is 14.2 Å². The number of nitrogens with one attached hydrogen (secondary N) is 1.